The van der Waals surface area contributed by atoms with Crippen molar-refractivity contribution in [3.05, 3.63) is 0 Å². The van der Waals surface area contributed by atoms with Crippen LogP contribution in [0.4, 0.5) is 0 Å². The van der Waals surface area contributed by atoms with Crippen LogP contribution in [0.2, 0.25) is 0 Å². The largest absolute Gasteiger partial charge is 0.480 e. The summed E-state index contributed by atoms with van der Waals surface area (Å²) in [6.07, 6.45) is 0.115. The van der Waals surface area contributed by atoms with Gasteiger partial charge in [-0.05, 0) is 18.8 Å². The molecule has 1 unspecified atom stereocenters. The lowest BCUT2D eigenvalue weighted by atomic mass is 9.92. The predicted molar refractivity (Wildman–Crippen MR) is 133 cm³/mol. The van der Waals surface area contributed by atoms with Gasteiger partial charge in [-0.3, -0.25) is 19.2 Å². The molecule has 1 atom stereocenters. The van der Waals surface area contributed by atoms with E-state index in [0.29, 0.717) is 26.4 Å². The number of ether oxygens (including phenoxy) is 4. The van der Waals surface area contributed by atoms with Crippen molar-refractivity contribution in [2.75, 3.05) is 65.9 Å². The third-order valence-electron chi connectivity index (χ3n) is 4.40. The third kappa shape index (κ3) is 23.5. The van der Waals surface area contributed by atoms with Crippen LogP contribution in [-0.2, 0) is 42.9 Å². The number of carbonyl (C=O) groups is 5. The van der Waals surface area contributed by atoms with Crippen molar-refractivity contribution in [2.24, 2.45) is 5.41 Å². The van der Waals surface area contributed by atoms with E-state index in [2.05, 4.69) is 16.0 Å². The molecular weight excluding hydrogens is 490 g/mol. The van der Waals surface area contributed by atoms with Crippen molar-refractivity contribution in [3.63, 3.8) is 0 Å². The van der Waals surface area contributed by atoms with Gasteiger partial charge in [-0.1, -0.05) is 20.8 Å². The van der Waals surface area contributed by atoms with E-state index in [-0.39, 0.29) is 87.8 Å². The zero-order chi connectivity index (χ0) is 28.1. The zero-order valence-corrected chi connectivity index (χ0v) is 22.4. The summed E-state index contributed by atoms with van der Waals surface area (Å²) in [5.41, 5.74) is -0.271. The van der Waals surface area contributed by atoms with Crippen LogP contribution in [0.25, 0.3) is 0 Å². The molecule has 13 heteroatoms. The minimum atomic E-state index is -1.19. The Bertz CT molecular complexity index is 709. The van der Waals surface area contributed by atoms with Gasteiger partial charge in [0.2, 0.25) is 17.7 Å². The number of amides is 3. The van der Waals surface area contributed by atoms with Crippen LogP contribution in [0.5, 0.6) is 0 Å². The molecule has 0 rings (SSSR count). The average Bonchev–Trinajstić information content (AvgIpc) is 2.78. The Labute approximate surface area is 218 Å². The van der Waals surface area contributed by atoms with Gasteiger partial charge in [0.15, 0.2) is 5.78 Å². The van der Waals surface area contributed by atoms with E-state index in [0.717, 1.165) is 0 Å². The third-order valence-corrected chi connectivity index (χ3v) is 4.40. The van der Waals surface area contributed by atoms with Gasteiger partial charge in [-0.25, -0.2) is 4.79 Å². The fourth-order valence-electron chi connectivity index (χ4n) is 2.75. The molecular formula is C24H43N3O10. The van der Waals surface area contributed by atoms with Gasteiger partial charge in [0.05, 0.1) is 39.6 Å². The first-order valence-electron chi connectivity index (χ1n) is 12.3. The lowest BCUT2D eigenvalue weighted by Crippen LogP contribution is -2.42. The van der Waals surface area contributed by atoms with Crippen LogP contribution in [0.1, 0.15) is 47.0 Å². The second kappa shape index (κ2) is 20.4. The number of Topliss-reactive ketones (excluding diaryl/α,β-unsaturated/α-hetero) is 1. The van der Waals surface area contributed by atoms with E-state index in [1.807, 2.05) is 20.8 Å². The molecule has 0 bridgehead atoms. The summed E-state index contributed by atoms with van der Waals surface area (Å²) in [7, 11) is 0. The van der Waals surface area contributed by atoms with Crippen molar-refractivity contribution in [3.8, 4) is 0 Å². The highest BCUT2D eigenvalue weighted by Gasteiger charge is 2.23. The van der Waals surface area contributed by atoms with E-state index in [9.17, 15) is 29.1 Å². The normalized spacial score (nSPS) is 12.0. The van der Waals surface area contributed by atoms with E-state index in [1.54, 1.807) is 0 Å². The maximum atomic E-state index is 11.9. The number of rotatable bonds is 22. The summed E-state index contributed by atoms with van der Waals surface area (Å²) < 4.78 is 20.8. The maximum absolute atomic E-state index is 11.9. The smallest absolute Gasteiger partial charge is 0.326 e. The topological polar surface area (TPSA) is 179 Å². The quantitative estimate of drug-likeness (QED) is 0.135. The van der Waals surface area contributed by atoms with Crippen molar-refractivity contribution < 1.29 is 48.0 Å². The Morgan fingerprint density at radius 2 is 1.24 bits per heavy atom. The fourth-order valence-corrected chi connectivity index (χ4v) is 2.75. The van der Waals surface area contributed by atoms with Gasteiger partial charge in [0, 0.05) is 25.9 Å². The molecule has 0 aliphatic rings. The Morgan fingerprint density at radius 1 is 0.730 bits per heavy atom. The summed E-state index contributed by atoms with van der Waals surface area (Å²) in [5, 5.41) is 17.0. The first-order valence-corrected chi connectivity index (χ1v) is 12.3. The van der Waals surface area contributed by atoms with Gasteiger partial charge >= 0.3 is 5.97 Å². The number of hydrogen-bond acceptors (Lipinski definition) is 9. The van der Waals surface area contributed by atoms with Crippen LogP contribution in [-0.4, -0.2) is 107 Å². The number of hydrogen-bond donors (Lipinski definition) is 4. The molecule has 0 aromatic rings. The fraction of sp³-hybridized carbons (Fsp3) is 0.792. The Kier molecular flexibility index (Phi) is 19.0. The van der Waals surface area contributed by atoms with E-state index in [1.165, 1.54) is 6.92 Å². The minimum absolute atomic E-state index is 0.0184. The number of carboxylic acid groups (broad SMARTS) is 1. The number of carbonyl (C=O) groups excluding carboxylic acids is 4. The molecule has 0 radical (unpaired) electrons. The monoisotopic (exact) mass is 533 g/mol. The molecule has 3 amide bonds. The second-order valence-corrected chi connectivity index (χ2v) is 9.47. The van der Waals surface area contributed by atoms with E-state index >= 15 is 0 Å². The molecule has 0 aliphatic heterocycles. The van der Waals surface area contributed by atoms with Gasteiger partial charge in [0.1, 0.15) is 19.3 Å². The molecule has 0 spiro atoms. The minimum Gasteiger partial charge on any atom is -0.480 e. The molecule has 0 saturated heterocycles. The highest BCUT2D eigenvalue weighted by molar-refractivity contribution is 5.84. The summed E-state index contributed by atoms with van der Waals surface area (Å²) in [4.78, 5) is 57.5. The molecule has 0 saturated carbocycles. The van der Waals surface area contributed by atoms with Crippen LogP contribution in [0.3, 0.4) is 0 Å². The van der Waals surface area contributed by atoms with Crippen molar-refractivity contribution in [2.45, 2.75) is 53.0 Å². The lowest BCUT2D eigenvalue weighted by molar-refractivity contribution is -0.142. The summed E-state index contributed by atoms with van der Waals surface area (Å²) >= 11 is 0. The van der Waals surface area contributed by atoms with Gasteiger partial charge in [0.25, 0.3) is 0 Å². The van der Waals surface area contributed by atoms with Gasteiger partial charge < -0.3 is 40.0 Å². The number of nitrogens with one attached hydrogen (secondary N) is 3. The molecule has 214 valence electrons. The second-order valence-electron chi connectivity index (χ2n) is 9.47. The van der Waals surface area contributed by atoms with E-state index in [4.69, 9.17) is 18.9 Å². The van der Waals surface area contributed by atoms with Crippen molar-refractivity contribution >= 4 is 29.5 Å². The lowest BCUT2D eigenvalue weighted by Gasteiger charge is -2.20. The molecule has 37 heavy (non-hydrogen) atoms. The summed E-state index contributed by atoms with van der Waals surface area (Å²) in [6.45, 7) is 9.14. The number of carboxylic acids is 1. The van der Waals surface area contributed by atoms with Gasteiger partial charge in [-0.2, -0.15) is 0 Å². The van der Waals surface area contributed by atoms with Gasteiger partial charge in [-0.15, -0.1) is 0 Å². The van der Waals surface area contributed by atoms with Crippen LogP contribution >= 0.6 is 0 Å². The maximum Gasteiger partial charge on any atom is 0.326 e. The summed E-state index contributed by atoms with van der Waals surface area (Å²) in [6, 6.07) is -1.13. The van der Waals surface area contributed by atoms with E-state index < -0.39 is 12.0 Å². The standard InChI is InChI=1S/C24H43N3O10/c1-18(28)16-36-13-11-35-10-8-26-22(31)17-37-14-12-34-9-7-25-20(29)6-5-19(23(32)33)27-21(30)15-24(2,3)4/h19H,5-17H2,1-4H3,(H,25,29)(H,26,31)(H,27,30)(H,32,33). The Balaban J connectivity index is 3.69. The first-order chi connectivity index (χ1) is 17.4. The summed E-state index contributed by atoms with van der Waals surface area (Å²) in [5.74, 6) is -2.25. The highest BCUT2D eigenvalue weighted by Crippen LogP contribution is 2.18. The van der Waals surface area contributed by atoms with Crippen LogP contribution in [0, 0.1) is 5.41 Å². The molecule has 0 aromatic heterocycles. The Morgan fingerprint density at radius 3 is 1.76 bits per heavy atom. The van der Waals surface area contributed by atoms with Crippen LogP contribution in [0.15, 0.2) is 0 Å². The molecule has 0 aromatic carbocycles. The molecule has 0 heterocycles. The molecule has 0 fully saturated rings. The van der Waals surface area contributed by atoms with Crippen molar-refractivity contribution in [1.82, 2.24) is 16.0 Å². The SMILES string of the molecule is CC(=O)COCCOCCNC(=O)COCCOCCNC(=O)CCC(NC(=O)CC(C)(C)C)C(=O)O. The Hall–Kier alpha value is -2.61. The zero-order valence-electron chi connectivity index (χ0n) is 22.4. The van der Waals surface area contributed by atoms with Crippen LogP contribution < -0.4 is 16.0 Å². The molecule has 4 N–H and O–H groups in total. The number of aliphatic carboxylic acids is 1. The molecule has 13 nitrogen and oxygen atoms in total. The highest BCUT2D eigenvalue weighted by atomic mass is 16.5. The van der Waals surface area contributed by atoms with Crippen molar-refractivity contribution in [1.29, 1.82) is 0 Å². The predicted octanol–water partition coefficient (Wildman–Crippen LogP) is -0.340. The molecule has 0 aliphatic carbocycles. The first kappa shape index (κ1) is 34.4. The average molecular weight is 534 g/mol. The number of ketones is 1.